The number of rotatable bonds is 1. The molecule has 1 aromatic heterocycles. The Morgan fingerprint density at radius 1 is 1.00 bits per heavy atom. The standard InChI is InChI=1S/C16H16F3N/c17-16(18,19)15-10-13(11-6-2-1-3-7-11)12-8-4-5-9-14(12)20-15/h4-5,8-11H,1-3,6-7H2. The largest absolute Gasteiger partial charge is 0.433 e. The average Bonchev–Trinajstić information content (AvgIpc) is 2.46. The Hall–Kier alpha value is -1.58. The minimum atomic E-state index is -4.38. The summed E-state index contributed by atoms with van der Waals surface area (Å²) in [5, 5.41) is 0.868. The van der Waals surface area contributed by atoms with Crippen LogP contribution in [0.25, 0.3) is 10.9 Å². The summed E-state index contributed by atoms with van der Waals surface area (Å²) in [5.74, 6) is 0.234. The number of nitrogens with zero attached hydrogens (tertiary/aromatic N) is 1. The van der Waals surface area contributed by atoms with Crippen molar-refractivity contribution < 1.29 is 13.2 Å². The van der Waals surface area contributed by atoms with E-state index in [0.717, 1.165) is 36.6 Å². The fourth-order valence-electron chi connectivity index (χ4n) is 3.10. The molecule has 2 aromatic rings. The maximum atomic E-state index is 13.0. The third-order valence-corrected chi connectivity index (χ3v) is 4.08. The second kappa shape index (κ2) is 5.08. The molecule has 1 fully saturated rings. The summed E-state index contributed by atoms with van der Waals surface area (Å²) in [5.41, 5.74) is 0.502. The summed E-state index contributed by atoms with van der Waals surface area (Å²) in [6, 6.07) is 8.41. The Morgan fingerprint density at radius 2 is 1.70 bits per heavy atom. The van der Waals surface area contributed by atoms with Crippen LogP contribution in [0.2, 0.25) is 0 Å². The number of benzene rings is 1. The van der Waals surface area contributed by atoms with Gasteiger partial charge in [0.25, 0.3) is 0 Å². The molecule has 0 unspecified atom stereocenters. The molecule has 20 heavy (non-hydrogen) atoms. The molecule has 0 N–H and O–H groups in total. The van der Waals surface area contributed by atoms with E-state index in [1.807, 2.05) is 12.1 Å². The van der Waals surface area contributed by atoms with Crippen LogP contribution in [-0.2, 0) is 6.18 Å². The molecule has 1 saturated carbocycles. The quantitative estimate of drug-likeness (QED) is 0.690. The number of aromatic nitrogens is 1. The number of alkyl halides is 3. The molecule has 1 heterocycles. The molecule has 1 nitrogen and oxygen atoms in total. The number of hydrogen-bond acceptors (Lipinski definition) is 1. The van der Waals surface area contributed by atoms with Gasteiger partial charge in [-0.05, 0) is 36.5 Å². The Labute approximate surface area is 115 Å². The summed E-state index contributed by atoms with van der Waals surface area (Å²) in [7, 11) is 0. The van der Waals surface area contributed by atoms with Gasteiger partial charge in [-0.3, -0.25) is 0 Å². The molecular weight excluding hydrogens is 263 g/mol. The second-order valence-electron chi connectivity index (χ2n) is 5.45. The van der Waals surface area contributed by atoms with Gasteiger partial charge < -0.3 is 0 Å². The van der Waals surface area contributed by atoms with Gasteiger partial charge in [-0.25, -0.2) is 4.98 Å². The Bertz CT molecular complexity index is 613. The minimum Gasteiger partial charge on any atom is -0.243 e. The van der Waals surface area contributed by atoms with Gasteiger partial charge in [0.15, 0.2) is 0 Å². The van der Waals surface area contributed by atoms with Gasteiger partial charge in [0.2, 0.25) is 0 Å². The first kappa shape index (κ1) is 13.4. The summed E-state index contributed by atoms with van der Waals surface area (Å²) in [4.78, 5) is 3.78. The number of pyridine rings is 1. The number of hydrogen-bond donors (Lipinski definition) is 0. The fourth-order valence-corrected chi connectivity index (χ4v) is 3.10. The lowest BCUT2D eigenvalue weighted by atomic mass is 9.82. The topological polar surface area (TPSA) is 12.9 Å². The summed E-state index contributed by atoms with van der Waals surface area (Å²) >= 11 is 0. The fraction of sp³-hybridized carbons (Fsp3) is 0.438. The molecule has 3 rings (SSSR count). The van der Waals surface area contributed by atoms with Gasteiger partial charge in [-0.1, -0.05) is 37.5 Å². The predicted octanol–water partition coefficient (Wildman–Crippen LogP) is 5.30. The molecule has 1 aromatic carbocycles. The molecule has 0 radical (unpaired) electrons. The smallest absolute Gasteiger partial charge is 0.243 e. The Balaban J connectivity index is 2.16. The highest BCUT2D eigenvalue weighted by Crippen LogP contribution is 2.39. The molecule has 0 spiro atoms. The molecule has 106 valence electrons. The van der Waals surface area contributed by atoms with Crippen LogP contribution in [0, 0.1) is 0 Å². The maximum absolute atomic E-state index is 13.0. The molecular formula is C16H16F3N. The second-order valence-corrected chi connectivity index (χ2v) is 5.45. The molecule has 0 atom stereocenters. The highest BCUT2D eigenvalue weighted by atomic mass is 19.4. The molecule has 1 aliphatic carbocycles. The first-order valence-corrected chi connectivity index (χ1v) is 7.02. The van der Waals surface area contributed by atoms with Crippen LogP contribution < -0.4 is 0 Å². The zero-order valence-electron chi connectivity index (χ0n) is 11.1. The molecule has 4 heteroatoms. The molecule has 0 aliphatic heterocycles. The lowest BCUT2D eigenvalue weighted by Gasteiger charge is -2.24. The SMILES string of the molecule is FC(F)(F)c1cc(C2CCCCC2)c2ccccc2n1. The van der Waals surface area contributed by atoms with Crippen LogP contribution >= 0.6 is 0 Å². The Kier molecular flexibility index (Phi) is 3.40. The van der Waals surface area contributed by atoms with E-state index in [9.17, 15) is 13.2 Å². The van der Waals surface area contributed by atoms with E-state index in [-0.39, 0.29) is 5.92 Å². The van der Waals surface area contributed by atoms with E-state index in [1.165, 1.54) is 12.5 Å². The minimum absolute atomic E-state index is 0.234. The van der Waals surface area contributed by atoms with E-state index in [0.29, 0.717) is 5.52 Å². The van der Waals surface area contributed by atoms with Crippen LogP contribution in [-0.4, -0.2) is 4.98 Å². The molecule has 0 bridgehead atoms. The van der Waals surface area contributed by atoms with E-state index in [2.05, 4.69) is 4.98 Å². The zero-order chi connectivity index (χ0) is 14.2. The number of fused-ring (bicyclic) bond motifs is 1. The van der Waals surface area contributed by atoms with Crippen molar-refractivity contribution in [1.29, 1.82) is 0 Å². The van der Waals surface area contributed by atoms with E-state index >= 15 is 0 Å². The third kappa shape index (κ3) is 2.51. The Morgan fingerprint density at radius 3 is 2.40 bits per heavy atom. The van der Waals surface area contributed by atoms with Crippen molar-refractivity contribution in [3.05, 3.63) is 41.6 Å². The summed E-state index contributed by atoms with van der Waals surface area (Å²) < 4.78 is 39.0. The summed E-state index contributed by atoms with van der Waals surface area (Å²) in [6.07, 6.45) is 0.959. The van der Waals surface area contributed by atoms with E-state index in [4.69, 9.17) is 0 Å². The van der Waals surface area contributed by atoms with Crippen LogP contribution in [0.1, 0.15) is 49.3 Å². The lowest BCUT2D eigenvalue weighted by Crippen LogP contribution is -2.12. The molecule has 0 saturated heterocycles. The van der Waals surface area contributed by atoms with Crippen molar-refractivity contribution in [2.75, 3.05) is 0 Å². The van der Waals surface area contributed by atoms with Gasteiger partial charge in [-0.15, -0.1) is 0 Å². The van der Waals surface area contributed by atoms with Crippen molar-refractivity contribution in [3.63, 3.8) is 0 Å². The van der Waals surface area contributed by atoms with Gasteiger partial charge in [0.05, 0.1) is 5.52 Å². The average molecular weight is 279 g/mol. The van der Waals surface area contributed by atoms with Crippen LogP contribution in [0.15, 0.2) is 30.3 Å². The summed E-state index contributed by atoms with van der Waals surface area (Å²) in [6.45, 7) is 0. The van der Waals surface area contributed by atoms with Gasteiger partial charge in [0.1, 0.15) is 5.69 Å². The number of halogens is 3. The van der Waals surface area contributed by atoms with Crippen LogP contribution in [0.3, 0.4) is 0 Å². The normalized spacial score (nSPS) is 17.6. The van der Waals surface area contributed by atoms with E-state index < -0.39 is 11.9 Å². The van der Waals surface area contributed by atoms with Gasteiger partial charge >= 0.3 is 6.18 Å². The van der Waals surface area contributed by atoms with E-state index in [1.54, 1.807) is 12.1 Å². The highest BCUT2D eigenvalue weighted by Gasteiger charge is 2.34. The monoisotopic (exact) mass is 279 g/mol. The van der Waals surface area contributed by atoms with Crippen molar-refractivity contribution >= 4 is 10.9 Å². The maximum Gasteiger partial charge on any atom is 0.433 e. The first-order valence-electron chi connectivity index (χ1n) is 7.02. The van der Waals surface area contributed by atoms with Gasteiger partial charge in [0, 0.05) is 5.39 Å². The van der Waals surface area contributed by atoms with Crippen molar-refractivity contribution in [1.82, 2.24) is 4.98 Å². The zero-order valence-corrected chi connectivity index (χ0v) is 11.1. The third-order valence-electron chi connectivity index (χ3n) is 4.08. The lowest BCUT2D eigenvalue weighted by molar-refractivity contribution is -0.141. The predicted molar refractivity (Wildman–Crippen MR) is 72.6 cm³/mol. The highest BCUT2D eigenvalue weighted by molar-refractivity contribution is 5.83. The molecule has 1 aliphatic rings. The number of para-hydroxylation sites is 1. The van der Waals surface area contributed by atoms with Crippen molar-refractivity contribution in [3.8, 4) is 0 Å². The van der Waals surface area contributed by atoms with Gasteiger partial charge in [-0.2, -0.15) is 13.2 Å². The molecule has 0 amide bonds. The van der Waals surface area contributed by atoms with Crippen LogP contribution in [0.5, 0.6) is 0 Å². The van der Waals surface area contributed by atoms with Crippen molar-refractivity contribution in [2.24, 2.45) is 0 Å². The van der Waals surface area contributed by atoms with Crippen molar-refractivity contribution in [2.45, 2.75) is 44.2 Å². The first-order chi connectivity index (χ1) is 9.55. The van der Waals surface area contributed by atoms with Crippen LogP contribution in [0.4, 0.5) is 13.2 Å².